The summed E-state index contributed by atoms with van der Waals surface area (Å²) in [4.78, 5) is 4.98. The van der Waals surface area contributed by atoms with Crippen LogP contribution in [0.1, 0.15) is 5.56 Å². The predicted molar refractivity (Wildman–Crippen MR) is 134 cm³/mol. The van der Waals surface area contributed by atoms with E-state index in [1.54, 1.807) is 24.3 Å². The smallest absolute Gasteiger partial charge is 0.264 e. The summed E-state index contributed by atoms with van der Waals surface area (Å²) in [7, 11) is -5.00. The molecule has 10 heteroatoms. The van der Waals surface area contributed by atoms with Crippen molar-refractivity contribution in [2.75, 3.05) is 24.1 Å². The number of aromatic nitrogens is 2. The SMILES string of the molecule is Cc1ccc(S(=O)(=O)N2c3cc4ccn(COCC[Si](C)(C)C)c4nc3OC3COCC32)cc1. The van der Waals surface area contributed by atoms with Gasteiger partial charge in [0.1, 0.15) is 30.2 Å². The monoisotopic (exact) mass is 501 g/mol. The molecule has 3 aromatic rings. The van der Waals surface area contributed by atoms with Crippen molar-refractivity contribution in [3.8, 4) is 5.88 Å². The van der Waals surface area contributed by atoms with Crippen LogP contribution in [0.3, 0.4) is 0 Å². The summed E-state index contributed by atoms with van der Waals surface area (Å²) >= 11 is 0. The number of sulfonamides is 1. The Hall–Kier alpha value is -2.40. The van der Waals surface area contributed by atoms with Crippen molar-refractivity contribution in [3.05, 3.63) is 48.2 Å². The number of pyridine rings is 1. The Morgan fingerprint density at radius 3 is 2.65 bits per heavy atom. The van der Waals surface area contributed by atoms with Gasteiger partial charge in [0.2, 0.25) is 5.88 Å². The second-order valence-electron chi connectivity index (χ2n) is 10.2. The molecule has 0 spiro atoms. The van der Waals surface area contributed by atoms with Gasteiger partial charge in [-0.25, -0.2) is 8.42 Å². The first-order valence-corrected chi connectivity index (χ1v) is 16.7. The zero-order chi connectivity index (χ0) is 24.1. The highest BCUT2D eigenvalue weighted by atomic mass is 32.2. The Balaban J connectivity index is 1.50. The number of fused-ring (bicyclic) bond motifs is 3. The number of benzene rings is 1. The Kier molecular flexibility index (Phi) is 5.95. The van der Waals surface area contributed by atoms with E-state index in [2.05, 4.69) is 19.6 Å². The molecule has 0 N–H and O–H groups in total. The first kappa shape index (κ1) is 23.3. The van der Waals surface area contributed by atoms with Crippen molar-refractivity contribution in [2.45, 2.75) is 56.4 Å². The first-order chi connectivity index (χ1) is 16.1. The number of hydrogen-bond acceptors (Lipinski definition) is 6. The lowest BCUT2D eigenvalue weighted by Crippen LogP contribution is -2.52. The molecule has 0 radical (unpaired) electrons. The lowest BCUT2D eigenvalue weighted by molar-refractivity contribution is 0.0896. The maximum atomic E-state index is 13.8. The van der Waals surface area contributed by atoms with Crippen molar-refractivity contribution in [1.29, 1.82) is 0 Å². The van der Waals surface area contributed by atoms with Crippen LogP contribution in [0.5, 0.6) is 5.88 Å². The fourth-order valence-corrected chi connectivity index (χ4v) is 6.69. The molecule has 2 aliphatic heterocycles. The molecule has 1 fully saturated rings. The van der Waals surface area contributed by atoms with Gasteiger partial charge in [0.25, 0.3) is 10.0 Å². The van der Waals surface area contributed by atoms with Crippen LogP contribution in [0.15, 0.2) is 47.5 Å². The molecule has 182 valence electrons. The molecule has 1 aromatic carbocycles. The minimum Gasteiger partial charge on any atom is -0.468 e. The fourth-order valence-electron chi connectivity index (χ4n) is 4.28. The van der Waals surface area contributed by atoms with Gasteiger partial charge >= 0.3 is 0 Å². The van der Waals surface area contributed by atoms with Crippen LogP contribution in [0.2, 0.25) is 25.7 Å². The van der Waals surface area contributed by atoms with Gasteiger partial charge in [0.05, 0.1) is 18.1 Å². The molecule has 2 atom stereocenters. The highest BCUT2D eigenvalue weighted by Crippen LogP contribution is 2.42. The lowest BCUT2D eigenvalue weighted by atomic mass is 10.1. The van der Waals surface area contributed by atoms with E-state index >= 15 is 0 Å². The Labute approximate surface area is 201 Å². The van der Waals surface area contributed by atoms with Gasteiger partial charge in [0.15, 0.2) is 0 Å². The average molecular weight is 502 g/mol. The van der Waals surface area contributed by atoms with Crippen molar-refractivity contribution in [1.82, 2.24) is 9.55 Å². The van der Waals surface area contributed by atoms with E-state index in [0.29, 0.717) is 37.2 Å². The maximum absolute atomic E-state index is 13.8. The van der Waals surface area contributed by atoms with E-state index in [0.717, 1.165) is 17.0 Å². The number of ether oxygens (including phenoxy) is 3. The van der Waals surface area contributed by atoms with E-state index in [-0.39, 0.29) is 11.5 Å². The molecular weight excluding hydrogens is 470 g/mol. The van der Waals surface area contributed by atoms with E-state index in [4.69, 9.17) is 19.2 Å². The van der Waals surface area contributed by atoms with Crippen LogP contribution in [0, 0.1) is 6.92 Å². The van der Waals surface area contributed by atoms with Gasteiger partial charge in [-0.15, -0.1) is 0 Å². The van der Waals surface area contributed by atoms with Gasteiger partial charge in [-0.05, 0) is 37.2 Å². The standard InChI is InChI=1S/C24H31N3O5SSi/c1-17-5-7-19(8-6-17)33(28,29)27-20-13-18-9-10-26(16-30-11-12-34(2,3)4)23(18)25-24(20)32-22-15-31-14-21(22)27/h5-10,13,21-22H,11-12,14-16H2,1-4H3. The van der Waals surface area contributed by atoms with Crippen LogP contribution in [-0.4, -0.2) is 58.0 Å². The molecule has 1 saturated heterocycles. The van der Waals surface area contributed by atoms with Crippen LogP contribution in [-0.2, 0) is 26.2 Å². The molecule has 0 amide bonds. The summed E-state index contributed by atoms with van der Waals surface area (Å²) in [6.07, 6.45) is 1.51. The first-order valence-electron chi connectivity index (χ1n) is 11.6. The third-order valence-electron chi connectivity index (χ3n) is 6.29. The van der Waals surface area contributed by atoms with E-state index in [9.17, 15) is 8.42 Å². The zero-order valence-corrected chi connectivity index (χ0v) is 21.8. The summed E-state index contributed by atoms with van der Waals surface area (Å²) < 4.78 is 48.6. The minimum atomic E-state index is -3.83. The molecule has 8 nitrogen and oxygen atoms in total. The summed E-state index contributed by atoms with van der Waals surface area (Å²) in [6.45, 7) is 10.6. The average Bonchev–Trinajstić information content (AvgIpc) is 3.39. The third kappa shape index (κ3) is 4.35. The third-order valence-corrected chi connectivity index (χ3v) is 9.85. The van der Waals surface area contributed by atoms with E-state index in [1.807, 2.05) is 29.8 Å². The molecule has 34 heavy (non-hydrogen) atoms. The van der Waals surface area contributed by atoms with Gasteiger partial charge in [-0.3, -0.25) is 4.31 Å². The summed E-state index contributed by atoms with van der Waals surface area (Å²) in [5.41, 5.74) is 2.15. The second-order valence-corrected chi connectivity index (χ2v) is 17.7. The van der Waals surface area contributed by atoms with Crippen LogP contribution >= 0.6 is 0 Å². The largest absolute Gasteiger partial charge is 0.468 e. The highest BCUT2D eigenvalue weighted by molar-refractivity contribution is 7.92. The topological polar surface area (TPSA) is 82.9 Å². The number of anilines is 1. The van der Waals surface area contributed by atoms with Crippen molar-refractivity contribution in [2.24, 2.45) is 0 Å². The Morgan fingerprint density at radius 1 is 1.15 bits per heavy atom. The quantitative estimate of drug-likeness (QED) is 0.359. The number of aryl methyl sites for hydroxylation is 1. The van der Waals surface area contributed by atoms with Crippen molar-refractivity contribution < 1.29 is 22.6 Å². The number of hydrogen-bond donors (Lipinski definition) is 0. The minimum absolute atomic E-state index is 0.241. The Morgan fingerprint density at radius 2 is 1.91 bits per heavy atom. The van der Waals surface area contributed by atoms with Gasteiger partial charge in [-0.2, -0.15) is 4.98 Å². The molecule has 2 aromatic heterocycles. The normalized spacial score (nSPS) is 20.3. The Bertz CT molecular complexity index is 1300. The maximum Gasteiger partial charge on any atom is 0.264 e. The fraction of sp³-hybridized carbons (Fsp3) is 0.458. The molecule has 4 heterocycles. The van der Waals surface area contributed by atoms with E-state index < -0.39 is 30.2 Å². The number of nitrogens with zero attached hydrogens (tertiary/aromatic N) is 3. The number of rotatable bonds is 7. The van der Waals surface area contributed by atoms with Crippen LogP contribution < -0.4 is 9.04 Å². The molecule has 0 aliphatic carbocycles. The van der Waals surface area contributed by atoms with Crippen molar-refractivity contribution >= 4 is 34.8 Å². The summed E-state index contributed by atoms with van der Waals surface area (Å²) in [6, 6.07) is 11.3. The molecule has 0 bridgehead atoms. The molecular formula is C24H31N3O5SSi. The second kappa shape index (κ2) is 8.67. The molecule has 5 rings (SSSR count). The molecule has 2 aliphatic rings. The van der Waals surface area contributed by atoms with Crippen molar-refractivity contribution in [3.63, 3.8) is 0 Å². The van der Waals surface area contributed by atoms with Gasteiger partial charge in [-0.1, -0.05) is 37.3 Å². The molecule has 2 unspecified atom stereocenters. The zero-order valence-electron chi connectivity index (χ0n) is 20.0. The summed E-state index contributed by atoms with van der Waals surface area (Å²) in [5, 5.41) is 0.831. The summed E-state index contributed by atoms with van der Waals surface area (Å²) in [5.74, 6) is 0.303. The van der Waals surface area contributed by atoms with Gasteiger partial charge < -0.3 is 18.8 Å². The van der Waals surface area contributed by atoms with Crippen LogP contribution in [0.4, 0.5) is 5.69 Å². The highest BCUT2D eigenvalue weighted by Gasteiger charge is 2.47. The van der Waals surface area contributed by atoms with E-state index in [1.165, 1.54) is 4.31 Å². The predicted octanol–water partition coefficient (Wildman–Crippen LogP) is 4.01. The van der Waals surface area contributed by atoms with Crippen LogP contribution in [0.25, 0.3) is 11.0 Å². The van der Waals surface area contributed by atoms with Gasteiger partial charge in [0, 0.05) is 26.3 Å². The lowest BCUT2D eigenvalue weighted by Gasteiger charge is -2.37. The molecule has 0 saturated carbocycles.